The molecule has 3 nitrogen and oxygen atoms in total. The van der Waals surface area contributed by atoms with Gasteiger partial charge in [0.25, 0.3) is 5.91 Å². The van der Waals surface area contributed by atoms with Crippen LogP contribution in [-0.2, 0) is 6.54 Å². The lowest BCUT2D eigenvalue weighted by Gasteiger charge is -2.19. The van der Waals surface area contributed by atoms with E-state index >= 15 is 0 Å². The number of hydrogen-bond donors (Lipinski definition) is 2. The average Bonchev–Trinajstić information content (AvgIpc) is 2.96. The van der Waals surface area contributed by atoms with Crippen molar-refractivity contribution in [2.45, 2.75) is 13.0 Å². The summed E-state index contributed by atoms with van der Waals surface area (Å²) in [5.41, 5.74) is 6.02. The molecule has 2 aromatic rings. The van der Waals surface area contributed by atoms with E-state index in [2.05, 4.69) is 22.8 Å². The van der Waals surface area contributed by atoms with Crippen molar-refractivity contribution in [3.05, 3.63) is 65.0 Å². The molecule has 2 aliphatic heterocycles. The molecule has 4 rings (SSSR count). The van der Waals surface area contributed by atoms with Crippen LogP contribution in [0.25, 0.3) is 16.7 Å². The van der Waals surface area contributed by atoms with Gasteiger partial charge in [-0.05, 0) is 65.1 Å². The number of hydrogen-bond acceptors (Lipinski definition) is 2. The Bertz CT molecular complexity index is 809. The van der Waals surface area contributed by atoms with Crippen molar-refractivity contribution in [1.82, 2.24) is 10.6 Å². The minimum absolute atomic E-state index is 0.0364. The summed E-state index contributed by atoms with van der Waals surface area (Å²) in [7, 11) is 0. The van der Waals surface area contributed by atoms with Crippen molar-refractivity contribution >= 4 is 11.5 Å². The van der Waals surface area contributed by atoms with Gasteiger partial charge in [-0.15, -0.1) is 0 Å². The van der Waals surface area contributed by atoms with Crippen LogP contribution >= 0.6 is 0 Å². The van der Waals surface area contributed by atoms with Crippen LogP contribution in [0.2, 0.25) is 0 Å². The summed E-state index contributed by atoms with van der Waals surface area (Å²) >= 11 is 0. The van der Waals surface area contributed by atoms with E-state index in [9.17, 15) is 9.18 Å². The fourth-order valence-electron chi connectivity index (χ4n) is 3.26. The summed E-state index contributed by atoms with van der Waals surface area (Å²) in [5.74, 6) is -0.293. The Balaban J connectivity index is 1.91. The molecule has 2 aromatic carbocycles. The lowest BCUT2D eigenvalue weighted by molar-refractivity contribution is 0.0966. The minimum Gasteiger partial charge on any atom is -0.348 e. The summed E-state index contributed by atoms with van der Waals surface area (Å²) in [6, 6.07) is 10.5. The number of rotatable bonds is 2. The number of fused-ring (bicyclic) bond motifs is 1. The van der Waals surface area contributed by atoms with Crippen molar-refractivity contribution in [1.29, 1.82) is 0 Å². The molecule has 2 aliphatic rings. The third-order valence-electron chi connectivity index (χ3n) is 4.46. The van der Waals surface area contributed by atoms with E-state index in [1.807, 2.05) is 6.07 Å². The Labute approximate surface area is 134 Å². The molecule has 1 amide bonds. The Kier molecular flexibility index (Phi) is 3.46. The van der Waals surface area contributed by atoms with Crippen LogP contribution in [0.5, 0.6) is 0 Å². The number of nitrogens with one attached hydrogen (secondary N) is 2. The summed E-state index contributed by atoms with van der Waals surface area (Å²) in [6.07, 6.45) is 3.24. The first kappa shape index (κ1) is 14.2. The first-order valence-corrected chi connectivity index (χ1v) is 7.83. The molecule has 0 saturated carbocycles. The van der Waals surface area contributed by atoms with E-state index in [1.54, 1.807) is 12.1 Å². The topological polar surface area (TPSA) is 41.1 Å². The van der Waals surface area contributed by atoms with Crippen LogP contribution in [0.1, 0.15) is 27.9 Å². The normalized spacial score (nSPS) is 16.7. The summed E-state index contributed by atoms with van der Waals surface area (Å²) in [4.78, 5) is 12.0. The van der Waals surface area contributed by atoms with Gasteiger partial charge in [0.15, 0.2) is 0 Å². The quantitative estimate of drug-likeness (QED) is 0.895. The zero-order valence-corrected chi connectivity index (χ0v) is 12.7. The smallest absolute Gasteiger partial charge is 0.251 e. The van der Waals surface area contributed by atoms with Gasteiger partial charge >= 0.3 is 0 Å². The molecule has 0 aliphatic carbocycles. The van der Waals surface area contributed by atoms with E-state index in [1.165, 1.54) is 17.7 Å². The highest BCUT2D eigenvalue weighted by molar-refractivity contribution is 6.01. The lowest BCUT2D eigenvalue weighted by Crippen LogP contribution is -2.21. The van der Waals surface area contributed by atoms with E-state index in [0.717, 1.165) is 47.3 Å². The molecule has 0 atom stereocenters. The van der Waals surface area contributed by atoms with Gasteiger partial charge in [-0.3, -0.25) is 4.79 Å². The standard InChI is InChI=1S/C19H17FN2O/c20-15-5-3-12(4-6-15)17-9-18-14(11-22-19(18)23)8-16(17)13-2-1-7-21-10-13/h2-6,8-9,21H,1,7,10-11H2,(H,22,23). The Hall–Kier alpha value is -2.46. The molecular weight excluding hydrogens is 291 g/mol. The Morgan fingerprint density at radius 1 is 0.957 bits per heavy atom. The second kappa shape index (κ2) is 5.63. The third-order valence-corrected chi connectivity index (χ3v) is 4.46. The van der Waals surface area contributed by atoms with Gasteiger partial charge in [-0.2, -0.15) is 0 Å². The summed E-state index contributed by atoms with van der Waals surface area (Å²) in [5, 5.41) is 6.26. The molecule has 0 saturated heterocycles. The van der Waals surface area contributed by atoms with Gasteiger partial charge in [0.1, 0.15) is 5.82 Å². The van der Waals surface area contributed by atoms with Crippen molar-refractivity contribution < 1.29 is 9.18 Å². The number of halogens is 1. The molecule has 0 bridgehead atoms. The van der Waals surface area contributed by atoms with Crippen molar-refractivity contribution in [3.63, 3.8) is 0 Å². The summed E-state index contributed by atoms with van der Waals surface area (Å²) in [6.45, 7) is 2.38. The lowest BCUT2D eigenvalue weighted by atomic mass is 9.89. The maximum absolute atomic E-state index is 13.3. The first-order valence-electron chi connectivity index (χ1n) is 7.83. The second-order valence-corrected chi connectivity index (χ2v) is 5.94. The molecule has 0 fully saturated rings. The van der Waals surface area contributed by atoms with Crippen molar-refractivity contribution in [2.24, 2.45) is 0 Å². The van der Waals surface area contributed by atoms with Crippen LogP contribution in [-0.4, -0.2) is 19.0 Å². The SMILES string of the molecule is O=C1NCc2cc(C3=CCCNC3)c(-c3ccc(F)cc3)cc21. The highest BCUT2D eigenvalue weighted by Gasteiger charge is 2.23. The van der Waals surface area contributed by atoms with Gasteiger partial charge < -0.3 is 10.6 Å². The summed E-state index contributed by atoms with van der Waals surface area (Å²) < 4.78 is 13.3. The van der Waals surface area contributed by atoms with E-state index in [-0.39, 0.29) is 11.7 Å². The van der Waals surface area contributed by atoms with E-state index in [0.29, 0.717) is 6.54 Å². The van der Waals surface area contributed by atoms with Crippen LogP contribution in [0.15, 0.2) is 42.5 Å². The monoisotopic (exact) mass is 308 g/mol. The number of carbonyl (C=O) groups excluding carboxylic acids is 1. The molecule has 0 radical (unpaired) electrons. The molecule has 116 valence electrons. The van der Waals surface area contributed by atoms with Gasteiger partial charge in [0, 0.05) is 18.7 Å². The molecule has 23 heavy (non-hydrogen) atoms. The first-order chi connectivity index (χ1) is 11.2. The van der Waals surface area contributed by atoms with Crippen molar-refractivity contribution in [2.75, 3.05) is 13.1 Å². The fourth-order valence-corrected chi connectivity index (χ4v) is 3.26. The minimum atomic E-state index is -0.257. The van der Waals surface area contributed by atoms with Crippen molar-refractivity contribution in [3.8, 4) is 11.1 Å². The van der Waals surface area contributed by atoms with Gasteiger partial charge in [0.2, 0.25) is 0 Å². The molecule has 0 spiro atoms. The third kappa shape index (κ3) is 2.55. The van der Waals surface area contributed by atoms with Crippen LogP contribution in [0.3, 0.4) is 0 Å². The number of amides is 1. The zero-order chi connectivity index (χ0) is 15.8. The maximum atomic E-state index is 13.3. The largest absolute Gasteiger partial charge is 0.348 e. The molecule has 2 N–H and O–H groups in total. The Morgan fingerprint density at radius 2 is 1.78 bits per heavy atom. The molecule has 0 unspecified atom stereocenters. The maximum Gasteiger partial charge on any atom is 0.251 e. The van der Waals surface area contributed by atoms with Gasteiger partial charge in [-0.25, -0.2) is 4.39 Å². The molecular formula is C19H17FN2O. The highest BCUT2D eigenvalue weighted by Crippen LogP contribution is 2.34. The van der Waals surface area contributed by atoms with Crippen LogP contribution in [0.4, 0.5) is 4.39 Å². The number of carbonyl (C=O) groups is 1. The fraction of sp³-hybridized carbons (Fsp3) is 0.211. The molecule has 4 heteroatoms. The van der Waals surface area contributed by atoms with E-state index < -0.39 is 0 Å². The average molecular weight is 308 g/mol. The van der Waals surface area contributed by atoms with Crippen LogP contribution in [0, 0.1) is 5.82 Å². The van der Waals surface area contributed by atoms with Gasteiger partial charge in [-0.1, -0.05) is 18.2 Å². The Morgan fingerprint density at radius 3 is 2.52 bits per heavy atom. The predicted molar refractivity (Wildman–Crippen MR) is 88.5 cm³/mol. The predicted octanol–water partition coefficient (Wildman–Crippen LogP) is 3.11. The highest BCUT2D eigenvalue weighted by atomic mass is 19.1. The zero-order valence-electron chi connectivity index (χ0n) is 12.7. The molecule has 2 heterocycles. The molecule has 0 aromatic heterocycles. The van der Waals surface area contributed by atoms with E-state index in [4.69, 9.17) is 0 Å². The van der Waals surface area contributed by atoms with Crippen LogP contribution < -0.4 is 10.6 Å². The number of benzene rings is 2. The second-order valence-electron chi connectivity index (χ2n) is 5.94. The van der Waals surface area contributed by atoms with Gasteiger partial charge in [0.05, 0.1) is 0 Å².